The zero-order valence-electron chi connectivity index (χ0n) is 10.3. The van der Waals surface area contributed by atoms with Crippen LogP contribution in [0.5, 0.6) is 0 Å². The van der Waals surface area contributed by atoms with Crippen molar-refractivity contribution in [2.45, 2.75) is 32.9 Å². The van der Waals surface area contributed by atoms with Crippen LogP contribution in [0.15, 0.2) is 10.6 Å². The number of hydrogen-bond donors (Lipinski definition) is 1. The molecule has 1 amide bonds. The molecule has 1 aromatic heterocycles. The second-order valence-corrected chi connectivity index (χ2v) is 4.30. The van der Waals surface area contributed by atoms with Crippen LogP contribution in [0, 0.1) is 6.92 Å². The smallest absolute Gasteiger partial charge is 0.276 e. The standard InChI is InChI=1S/C11H17N3O2.ClH/c1-7-6-10(13-16-7)11(15)14-5-4-12-8(2)9(14)3;/h6,8-9,12H,4-5H2,1-3H3;1H. The van der Waals surface area contributed by atoms with Gasteiger partial charge in [-0.05, 0) is 20.8 Å². The van der Waals surface area contributed by atoms with Gasteiger partial charge in [-0.15, -0.1) is 12.4 Å². The summed E-state index contributed by atoms with van der Waals surface area (Å²) in [5.41, 5.74) is 0.401. The van der Waals surface area contributed by atoms with Crippen LogP contribution in [0.3, 0.4) is 0 Å². The summed E-state index contributed by atoms with van der Waals surface area (Å²) in [4.78, 5) is 14.0. The van der Waals surface area contributed by atoms with Gasteiger partial charge in [-0.2, -0.15) is 0 Å². The molecule has 17 heavy (non-hydrogen) atoms. The third-order valence-electron chi connectivity index (χ3n) is 3.14. The van der Waals surface area contributed by atoms with E-state index in [4.69, 9.17) is 4.52 Å². The Labute approximate surface area is 107 Å². The molecule has 0 saturated carbocycles. The van der Waals surface area contributed by atoms with Crippen molar-refractivity contribution in [2.24, 2.45) is 0 Å². The number of amides is 1. The molecule has 1 fully saturated rings. The summed E-state index contributed by atoms with van der Waals surface area (Å²) in [6.07, 6.45) is 0. The first-order chi connectivity index (χ1) is 7.59. The minimum atomic E-state index is -0.0438. The molecular weight excluding hydrogens is 242 g/mol. The molecule has 1 saturated heterocycles. The lowest BCUT2D eigenvalue weighted by atomic mass is 10.1. The van der Waals surface area contributed by atoms with Gasteiger partial charge in [-0.25, -0.2) is 0 Å². The predicted octanol–water partition coefficient (Wildman–Crippen LogP) is 1.23. The fourth-order valence-corrected chi connectivity index (χ4v) is 1.96. The van der Waals surface area contributed by atoms with Crippen LogP contribution in [-0.4, -0.2) is 41.1 Å². The Bertz CT molecular complexity index is 394. The average Bonchev–Trinajstić information content (AvgIpc) is 2.68. The number of nitrogens with one attached hydrogen (secondary N) is 1. The van der Waals surface area contributed by atoms with Gasteiger partial charge in [0.05, 0.1) is 0 Å². The first-order valence-corrected chi connectivity index (χ1v) is 5.57. The first-order valence-electron chi connectivity index (χ1n) is 5.57. The fourth-order valence-electron chi connectivity index (χ4n) is 1.96. The van der Waals surface area contributed by atoms with Crippen LogP contribution in [0.2, 0.25) is 0 Å². The molecule has 96 valence electrons. The van der Waals surface area contributed by atoms with Gasteiger partial charge >= 0.3 is 0 Å². The lowest BCUT2D eigenvalue weighted by Crippen LogP contribution is -2.57. The summed E-state index contributed by atoms with van der Waals surface area (Å²) < 4.78 is 4.93. The monoisotopic (exact) mass is 259 g/mol. The second-order valence-electron chi connectivity index (χ2n) is 4.30. The van der Waals surface area contributed by atoms with Crippen LogP contribution in [0.25, 0.3) is 0 Å². The molecule has 6 heteroatoms. The maximum atomic E-state index is 12.1. The van der Waals surface area contributed by atoms with Gasteiger partial charge in [0.25, 0.3) is 5.91 Å². The van der Waals surface area contributed by atoms with Gasteiger partial charge in [0.15, 0.2) is 5.69 Å². The molecule has 1 aliphatic heterocycles. The van der Waals surface area contributed by atoms with E-state index in [0.29, 0.717) is 17.5 Å². The number of aryl methyl sites for hydroxylation is 1. The van der Waals surface area contributed by atoms with Crippen LogP contribution < -0.4 is 5.32 Å². The largest absolute Gasteiger partial charge is 0.361 e. The van der Waals surface area contributed by atoms with E-state index in [9.17, 15) is 4.79 Å². The number of nitrogens with zero attached hydrogens (tertiary/aromatic N) is 2. The van der Waals surface area contributed by atoms with Crippen LogP contribution in [0.1, 0.15) is 30.1 Å². The maximum Gasteiger partial charge on any atom is 0.276 e. The summed E-state index contributed by atoms with van der Waals surface area (Å²) in [5, 5.41) is 7.10. The zero-order valence-corrected chi connectivity index (χ0v) is 11.1. The molecule has 2 heterocycles. The molecule has 2 rings (SSSR count). The Morgan fingerprint density at radius 2 is 2.29 bits per heavy atom. The Hall–Kier alpha value is -1.07. The Morgan fingerprint density at radius 1 is 1.59 bits per heavy atom. The maximum absolute atomic E-state index is 12.1. The normalized spacial score (nSPS) is 24.3. The topological polar surface area (TPSA) is 58.4 Å². The van der Waals surface area contributed by atoms with Crippen LogP contribution in [-0.2, 0) is 0 Å². The summed E-state index contributed by atoms with van der Waals surface area (Å²) in [7, 11) is 0. The van der Waals surface area contributed by atoms with Gasteiger partial charge in [-0.3, -0.25) is 4.79 Å². The highest BCUT2D eigenvalue weighted by Crippen LogP contribution is 2.13. The highest BCUT2D eigenvalue weighted by Gasteiger charge is 2.30. The first kappa shape index (κ1) is 14.0. The molecule has 0 spiro atoms. The number of piperazine rings is 1. The van der Waals surface area contributed by atoms with Crippen LogP contribution >= 0.6 is 12.4 Å². The second kappa shape index (κ2) is 5.51. The van der Waals surface area contributed by atoms with Crippen LogP contribution in [0.4, 0.5) is 0 Å². The molecule has 2 unspecified atom stereocenters. The molecular formula is C11H18ClN3O2. The fraction of sp³-hybridized carbons (Fsp3) is 0.636. The van der Waals surface area contributed by atoms with E-state index in [0.717, 1.165) is 13.1 Å². The SMILES string of the molecule is Cc1cc(C(=O)N2CCNC(C)C2C)no1.Cl. The minimum absolute atomic E-state index is 0. The van der Waals surface area contributed by atoms with Crippen molar-refractivity contribution in [1.82, 2.24) is 15.4 Å². The molecule has 0 aromatic carbocycles. The van der Waals surface area contributed by atoms with Crippen molar-refractivity contribution in [3.63, 3.8) is 0 Å². The summed E-state index contributed by atoms with van der Waals surface area (Å²) >= 11 is 0. The quantitative estimate of drug-likeness (QED) is 0.824. The van der Waals surface area contributed by atoms with Gasteiger partial charge in [-0.1, -0.05) is 5.16 Å². The molecule has 0 bridgehead atoms. The van der Waals surface area contributed by atoms with Gasteiger partial charge in [0.2, 0.25) is 0 Å². The van der Waals surface area contributed by atoms with E-state index < -0.39 is 0 Å². The summed E-state index contributed by atoms with van der Waals surface area (Å²) in [5.74, 6) is 0.622. The third kappa shape index (κ3) is 2.79. The predicted molar refractivity (Wildman–Crippen MR) is 66.5 cm³/mol. The third-order valence-corrected chi connectivity index (χ3v) is 3.14. The van der Waals surface area contributed by atoms with E-state index in [1.807, 2.05) is 11.8 Å². The van der Waals surface area contributed by atoms with E-state index in [1.54, 1.807) is 13.0 Å². The molecule has 2 atom stereocenters. The highest BCUT2D eigenvalue weighted by molar-refractivity contribution is 5.92. The number of halogens is 1. The van der Waals surface area contributed by atoms with E-state index in [-0.39, 0.29) is 24.4 Å². The number of aromatic nitrogens is 1. The van der Waals surface area contributed by atoms with Gasteiger partial charge in [0.1, 0.15) is 5.76 Å². The van der Waals surface area contributed by atoms with Crippen molar-refractivity contribution in [1.29, 1.82) is 0 Å². The Balaban J connectivity index is 0.00000144. The van der Waals surface area contributed by atoms with Crippen molar-refractivity contribution in [2.75, 3.05) is 13.1 Å². The number of hydrogen-bond acceptors (Lipinski definition) is 4. The number of carbonyl (C=O) groups is 1. The van der Waals surface area contributed by atoms with Crippen molar-refractivity contribution >= 4 is 18.3 Å². The summed E-state index contributed by atoms with van der Waals surface area (Å²) in [6, 6.07) is 2.17. The Morgan fingerprint density at radius 3 is 2.88 bits per heavy atom. The minimum Gasteiger partial charge on any atom is -0.361 e. The van der Waals surface area contributed by atoms with E-state index in [2.05, 4.69) is 17.4 Å². The van der Waals surface area contributed by atoms with Gasteiger partial charge in [0, 0.05) is 31.2 Å². The van der Waals surface area contributed by atoms with Crippen molar-refractivity contribution in [3.05, 3.63) is 17.5 Å². The molecule has 0 radical (unpaired) electrons. The zero-order chi connectivity index (χ0) is 11.7. The summed E-state index contributed by atoms with van der Waals surface area (Å²) in [6.45, 7) is 7.46. The molecule has 1 aromatic rings. The number of rotatable bonds is 1. The van der Waals surface area contributed by atoms with Crippen molar-refractivity contribution in [3.8, 4) is 0 Å². The molecule has 1 aliphatic rings. The van der Waals surface area contributed by atoms with E-state index >= 15 is 0 Å². The molecule has 1 N–H and O–H groups in total. The van der Waals surface area contributed by atoms with Gasteiger partial charge < -0.3 is 14.7 Å². The lowest BCUT2D eigenvalue weighted by Gasteiger charge is -2.38. The average molecular weight is 260 g/mol. The van der Waals surface area contributed by atoms with Crippen molar-refractivity contribution < 1.29 is 9.32 Å². The lowest BCUT2D eigenvalue weighted by molar-refractivity contribution is 0.0592. The highest BCUT2D eigenvalue weighted by atomic mass is 35.5. The molecule has 0 aliphatic carbocycles. The van der Waals surface area contributed by atoms with E-state index in [1.165, 1.54) is 0 Å². The Kier molecular flexibility index (Phi) is 4.54. The number of carbonyl (C=O) groups excluding carboxylic acids is 1. The molecule has 5 nitrogen and oxygen atoms in total.